The summed E-state index contributed by atoms with van der Waals surface area (Å²) in [5, 5.41) is 5.00. The number of carbonyl (C=O) groups excluding carboxylic acids is 2. The number of nitrogens with zero attached hydrogens (tertiary/aromatic N) is 4. The van der Waals surface area contributed by atoms with Gasteiger partial charge in [0, 0.05) is 31.6 Å². The number of carbonyl (C=O) groups is 2. The molecule has 0 saturated carbocycles. The Balaban J connectivity index is 2.12. The zero-order valence-electron chi connectivity index (χ0n) is 18.5. The summed E-state index contributed by atoms with van der Waals surface area (Å²) in [6.07, 6.45) is -0.627. The van der Waals surface area contributed by atoms with E-state index in [1.807, 2.05) is 36.4 Å². The minimum Gasteiger partial charge on any atom is -0.443 e. The van der Waals surface area contributed by atoms with Gasteiger partial charge in [-0.3, -0.25) is 9.69 Å². The number of benzene rings is 2. The largest absolute Gasteiger partial charge is 0.443 e. The van der Waals surface area contributed by atoms with Gasteiger partial charge >= 0.3 is 6.09 Å². The molecule has 1 aliphatic heterocycles. The molecule has 0 spiro atoms. The Bertz CT molecular complexity index is 963. The number of hydrogen-bond donors (Lipinski definition) is 2. The molecule has 0 bridgehead atoms. The second-order valence-corrected chi connectivity index (χ2v) is 8.66. The van der Waals surface area contributed by atoms with E-state index in [0.717, 1.165) is 42.6 Å². The number of anilines is 2. The van der Waals surface area contributed by atoms with Gasteiger partial charge in [0.1, 0.15) is 12.1 Å². The fourth-order valence-electron chi connectivity index (χ4n) is 3.63. The van der Waals surface area contributed by atoms with Crippen molar-refractivity contribution >= 4 is 34.1 Å². The van der Waals surface area contributed by atoms with E-state index in [1.54, 1.807) is 20.8 Å². The lowest BCUT2D eigenvalue weighted by Crippen LogP contribution is -2.46. The number of rotatable bonds is 5. The van der Waals surface area contributed by atoms with Crippen molar-refractivity contribution < 1.29 is 14.3 Å². The van der Waals surface area contributed by atoms with Gasteiger partial charge in [0.05, 0.1) is 11.4 Å². The average Bonchev–Trinajstić information content (AvgIpc) is 2.71. The molecule has 166 valence electrons. The number of likely N-dealkylation sites (N-methyl/N-ethyl adjacent to an activating group) is 1. The van der Waals surface area contributed by atoms with Crippen LogP contribution in [0.1, 0.15) is 20.8 Å². The lowest BCUT2D eigenvalue weighted by Gasteiger charge is -2.37. The molecular formula is C22H30N6O3. The highest BCUT2D eigenvalue weighted by Gasteiger charge is 2.30. The highest BCUT2D eigenvalue weighted by atomic mass is 16.6. The van der Waals surface area contributed by atoms with Crippen LogP contribution >= 0.6 is 0 Å². The average molecular weight is 427 g/mol. The molecule has 31 heavy (non-hydrogen) atoms. The first kappa shape index (κ1) is 22.5. The van der Waals surface area contributed by atoms with Crippen LogP contribution in [0, 0.1) is 5.53 Å². The summed E-state index contributed by atoms with van der Waals surface area (Å²) in [5.74, 6) is -0.571. The second kappa shape index (κ2) is 9.30. The van der Waals surface area contributed by atoms with Crippen LogP contribution in [-0.4, -0.2) is 62.3 Å². The minimum absolute atomic E-state index is 0.309. The summed E-state index contributed by atoms with van der Waals surface area (Å²) >= 11 is 0. The minimum atomic E-state index is -0.726. The molecule has 2 aromatic carbocycles. The third kappa shape index (κ3) is 5.49. The summed E-state index contributed by atoms with van der Waals surface area (Å²) in [6, 6.07) is 11.8. The number of nitrogens with one attached hydrogen (secondary N) is 2. The molecule has 2 aromatic rings. The van der Waals surface area contributed by atoms with Gasteiger partial charge in [-0.25, -0.2) is 10.2 Å². The van der Waals surface area contributed by atoms with Crippen LogP contribution in [0.4, 0.5) is 16.2 Å². The number of piperazine rings is 1. The molecule has 9 nitrogen and oxygen atoms in total. The number of fused-ring (bicyclic) bond motifs is 1. The molecular weight excluding hydrogens is 396 g/mol. The Kier molecular flexibility index (Phi) is 6.74. The molecule has 0 aromatic heterocycles. The summed E-state index contributed by atoms with van der Waals surface area (Å²) in [6.45, 7) is 8.43. The molecule has 0 unspecified atom stereocenters. The van der Waals surface area contributed by atoms with E-state index >= 15 is 0 Å². The third-order valence-corrected chi connectivity index (χ3v) is 5.09. The fourth-order valence-corrected chi connectivity index (χ4v) is 3.63. The van der Waals surface area contributed by atoms with Crippen molar-refractivity contribution in [2.45, 2.75) is 26.4 Å². The molecule has 1 fully saturated rings. The van der Waals surface area contributed by atoms with Gasteiger partial charge in [0.25, 0.3) is 5.91 Å². The van der Waals surface area contributed by atoms with Crippen LogP contribution in [0.2, 0.25) is 0 Å². The van der Waals surface area contributed by atoms with E-state index in [1.165, 1.54) is 4.90 Å². The first-order valence-corrected chi connectivity index (χ1v) is 10.3. The molecule has 1 saturated heterocycles. The van der Waals surface area contributed by atoms with Gasteiger partial charge in [0.2, 0.25) is 0 Å². The topological polar surface area (TPSA) is 101 Å². The standard InChI is InChI=1S/C22H30N6O3/c1-22(2,3)31-21(30)28(15-19(29)24-25-23)18-10-9-16-7-5-6-8-17(16)20(18)27-13-11-26(4)12-14-27/h5-10H,11-15H2,1-4H3,(H2,23,24,29). The lowest BCUT2D eigenvalue weighted by atomic mass is 10.0. The zero-order chi connectivity index (χ0) is 22.6. The van der Waals surface area contributed by atoms with E-state index in [9.17, 15) is 9.59 Å². The maximum absolute atomic E-state index is 13.1. The molecule has 0 atom stereocenters. The SMILES string of the molecule is CN1CCN(c2c(N(CC(=O)NN=N)C(=O)OC(C)(C)C)ccc3ccccc23)CC1. The van der Waals surface area contributed by atoms with Crippen LogP contribution < -0.4 is 15.2 Å². The molecule has 2 N–H and O–H groups in total. The molecule has 9 heteroatoms. The quantitative estimate of drug-likeness (QED) is 0.564. The van der Waals surface area contributed by atoms with Crippen molar-refractivity contribution in [1.29, 1.82) is 5.53 Å². The van der Waals surface area contributed by atoms with E-state index in [4.69, 9.17) is 10.3 Å². The Hall–Kier alpha value is -3.20. The van der Waals surface area contributed by atoms with E-state index < -0.39 is 17.6 Å². The van der Waals surface area contributed by atoms with Crippen molar-refractivity contribution in [3.05, 3.63) is 36.4 Å². The molecule has 0 radical (unpaired) electrons. The van der Waals surface area contributed by atoms with E-state index in [-0.39, 0.29) is 6.54 Å². The molecule has 1 aliphatic rings. The predicted octanol–water partition coefficient (Wildman–Crippen LogP) is 3.40. The summed E-state index contributed by atoms with van der Waals surface area (Å²) < 4.78 is 5.61. The molecule has 2 amide bonds. The molecule has 0 aliphatic carbocycles. The normalized spacial score (nSPS) is 14.9. The summed E-state index contributed by atoms with van der Waals surface area (Å²) in [5.41, 5.74) is 9.76. The van der Waals surface area contributed by atoms with Gasteiger partial charge in [-0.2, -0.15) is 5.53 Å². The highest BCUT2D eigenvalue weighted by molar-refractivity contribution is 6.06. The van der Waals surface area contributed by atoms with Crippen LogP contribution in [0.15, 0.2) is 41.6 Å². The van der Waals surface area contributed by atoms with Crippen LogP contribution in [-0.2, 0) is 9.53 Å². The third-order valence-electron chi connectivity index (χ3n) is 5.09. The van der Waals surface area contributed by atoms with Crippen molar-refractivity contribution in [2.75, 3.05) is 49.6 Å². The lowest BCUT2D eigenvalue weighted by molar-refractivity contribution is -0.120. The van der Waals surface area contributed by atoms with E-state index in [0.29, 0.717) is 5.69 Å². The van der Waals surface area contributed by atoms with Crippen LogP contribution in [0.3, 0.4) is 0 Å². The number of ether oxygens (including phenoxy) is 1. The van der Waals surface area contributed by atoms with Gasteiger partial charge in [-0.1, -0.05) is 35.6 Å². The highest BCUT2D eigenvalue weighted by Crippen LogP contribution is 2.38. The van der Waals surface area contributed by atoms with Crippen molar-refractivity contribution in [3.8, 4) is 0 Å². The Morgan fingerprint density at radius 1 is 1.13 bits per heavy atom. The van der Waals surface area contributed by atoms with Crippen LogP contribution in [0.25, 0.3) is 10.8 Å². The van der Waals surface area contributed by atoms with E-state index in [2.05, 4.69) is 27.5 Å². The number of hydrogen-bond acceptors (Lipinski definition) is 7. The zero-order valence-corrected chi connectivity index (χ0v) is 18.5. The molecule has 3 rings (SSSR count). The van der Waals surface area contributed by atoms with Gasteiger partial charge in [-0.15, -0.1) is 0 Å². The Morgan fingerprint density at radius 3 is 2.45 bits per heavy atom. The van der Waals surface area contributed by atoms with Gasteiger partial charge < -0.3 is 14.5 Å². The monoisotopic (exact) mass is 426 g/mol. The Morgan fingerprint density at radius 2 is 1.81 bits per heavy atom. The number of amides is 2. The fraction of sp³-hybridized carbons (Fsp3) is 0.455. The predicted molar refractivity (Wildman–Crippen MR) is 121 cm³/mol. The van der Waals surface area contributed by atoms with Crippen molar-refractivity contribution in [2.24, 2.45) is 5.22 Å². The summed E-state index contributed by atoms with van der Waals surface area (Å²) in [7, 11) is 2.09. The van der Waals surface area contributed by atoms with Gasteiger partial charge in [-0.05, 0) is 39.3 Å². The first-order valence-electron chi connectivity index (χ1n) is 10.3. The maximum atomic E-state index is 13.1. The smallest absolute Gasteiger partial charge is 0.415 e. The van der Waals surface area contributed by atoms with Crippen molar-refractivity contribution in [1.82, 2.24) is 10.3 Å². The van der Waals surface area contributed by atoms with Crippen molar-refractivity contribution in [3.63, 3.8) is 0 Å². The molecule has 1 heterocycles. The van der Waals surface area contributed by atoms with Gasteiger partial charge in [0.15, 0.2) is 0 Å². The maximum Gasteiger partial charge on any atom is 0.415 e. The first-order chi connectivity index (χ1) is 14.7. The Labute approximate surface area is 182 Å². The second-order valence-electron chi connectivity index (χ2n) is 8.66. The summed E-state index contributed by atoms with van der Waals surface area (Å²) in [4.78, 5) is 31.3. The van der Waals surface area contributed by atoms with Crippen LogP contribution in [0.5, 0.6) is 0 Å².